The van der Waals surface area contributed by atoms with Gasteiger partial charge in [0.05, 0.1) is 12.4 Å². The predicted molar refractivity (Wildman–Crippen MR) is 117 cm³/mol. The fourth-order valence-corrected chi connectivity index (χ4v) is 3.13. The average molecular weight is 457 g/mol. The molecule has 11 nitrogen and oxygen atoms in total. The molecule has 1 heterocycles. The Morgan fingerprint density at radius 3 is 2.32 bits per heavy atom. The number of imidazole rings is 1. The van der Waals surface area contributed by atoms with E-state index in [1.807, 2.05) is 6.26 Å². The number of carboxylic acids is 1. The van der Waals surface area contributed by atoms with Gasteiger partial charge in [-0.15, -0.1) is 0 Å². The van der Waals surface area contributed by atoms with E-state index in [1.54, 1.807) is 20.0 Å². The number of hydrogen-bond donors (Lipinski definition) is 6. The average Bonchev–Trinajstić information content (AvgIpc) is 3.21. The zero-order chi connectivity index (χ0) is 23.6. The maximum absolute atomic E-state index is 12.9. The Hall–Kier alpha value is -2.60. The number of carboxylic acid groups (broad SMARTS) is 1. The number of aromatic amines is 1. The van der Waals surface area contributed by atoms with Crippen LogP contribution < -0.4 is 21.7 Å². The Kier molecular flexibility index (Phi) is 11.0. The summed E-state index contributed by atoms with van der Waals surface area (Å²) in [5.41, 5.74) is 6.63. The molecule has 0 spiro atoms. The number of amides is 3. The minimum absolute atomic E-state index is 0.226. The first-order valence-corrected chi connectivity index (χ1v) is 11.3. The smallest absolute Gasteiger partial charge is 0.325 e. The summed E-state index contributed by atoms with van der Waals surface area (Å²) in [7, 11) is 0. The molecule has 12 heteroatoms. The first kappa shape index (κ1) is 26.4. The van der Waals surface area contributed by atoms with Gasteiger partial charge >= 0.3 is 5.97 Å². The Balaban J connectivity index is 2.81. The van der Waals surface area contributed by atoms with Crippen LogP contribution in [0.5, 0.6) is 0 Å². The molecule has 174 valence electrons. The third-order valence-electron chi connectivity index (χ3n) is 4.55. The van der Waals surface area contributed by atoms with Crippen molar-refractivity contribution in [3.8, 4) is 0 Å². The van der Waals surface area contributed by atoms with Crippen molar-refractivity contribution in [1.29, 1.82) is 0 Å². The molecule has 0 aliphatic rings. The van der Waals surface area contributed by atoms with Gasteiger partial charge in [0.15, 0.2) is 0 Å². The third-order valence-corrected chi connectivity index (χ3v) is 5.20. The molecular formula is C19H32N6O5S. The van der Waals surface area contributed by atoms with Gasteiger partial charge in [0.1, 0.15) is 18.1 Å². The van der Waals surface area contributed by atoms with Gasteiger partial charge in [-0.05, 0) is 31.3 Å². The molecule has 7 N–H and O–H groups in total. The molecule has 0 saturated heterocycles. The van der Waals surface area contributed by atoms with Gasteiger partial charge in [-0.1, -0.05) is 13.8 Å². The molecule has 0 bridgehead atoms. The van der Waals surface area contributed by atoms with Crippen LogP contribution in [0.4, 0.5) is 0 Å². The predicted octanol–water partition coefficient (Wildman–Crippen LogP) is -0.752. The molecule has 1 aromatic rings. The highest BCUT2D eigenvalue weighted by molar-refractivity contribution is 7.98. The van der Waals surface area contributed by atoms with E-state index in [-0.39, 0.29) is 12.3 Å². The Morgan fingerprint density at radius 2 is 1.81 bits per heavy atom. The lowest BCUT2D eigenvalue weighted by Gasteiger charge is -2.26. The molecule has 1 rings (SSSR count). The fraction of sp³-hybridized carbons (Fsp3) is 0.632. The van der Waals surface area contributed by atoms with E-state index in [4.69, 9.17) is 10.8 Å². The number of rotatable bonds is 13. The summed E-state index contributed by atoms with van der Waals surface area (Å²) >= 11 is 1.49. The van der Waals surface area contributed by atoms with Crippen molar-refractivity contribution >= 4 is 35.5 Å². The highest BCUT2D eigenvalue weighted by Gasteiger charge is 2.30. The van der Waals surface area contributed by atoms with Crippen LogP contribution in [0.15, 0.2) is 12.5 Å². The SMILES string of the molecule is CSCCC(NC(=O)C(NC(=O)C(N)Cc1cnc[nH]1)C(C)C)C(=O)NC(C)C(=O)O. The van der Waals surface area contributed by atoms with Crippen LogP contribution in [-0.2, 0) is 25.6 Å². The number of hydrogen-bond acceptors (Lipinski definition) is 7. The normalized spacial score (nSPS) is 14.9. The quantitative estimate of drug-likeness (QED) is 0.224. The van der Waals surface area contributed by atoms with Crippen LogP contribution in [0.3, 0.4) is 0 Å². The van der Waals surface area contributed by atoms with Gasteiger partial charge in [0, 0.05) is 18.3 Å². The number of nitrogens with one attached hydrogen (secondary N) is 4. The van der Waals surface area contributed by atoms with E-state index in [9.17, 15) is 19.2 Å². The number of H-pyrrole nitrogens is 1. The summed E-state index contributed by atoms with van der Waals surface area (Å²) in [5.74, 6) is -2.52. The molecule has 0 aromatic carbocycles. The van der Waals surface area contributed by atoms with Crippen molar-refractivity contribution in [2.75, 3.05) is 12.0 Å². The summed E-state index contributed by atoms with van der Waals surface area (Å²) < 4.78 is 0. The van der Waals surface area contributed by atoms with E-state index in [0.717, 1.165) is 0 Å². The topological polar surface area (TPSA) is 179 Å². The molecule has 31 heavy (non-hydrogen) atoms. The molecule has 3 amide bonds. The van der Waals surface area contributed by atoms with Crippen molar-refractivity contribution in [2.24, 2.45) is 11.7 Å². The molecule has 0 fully saturated rings. The lowest BCUT2D eigenvalue weighted by molar-refractivity contribution is -0.141. The molecule has 4 atom stereocenters. The van der Waals surface area contributed by atoms with Crippen molar-refractivity contribution in [3.63, 3.8) is 0 Å². The molecular weight excluding hydrogens is 424 g/mol. The summed E-state index contributed by atoms with van der Waals surface area (Å²) in [6, 6.07) is -3.83. The van der Waals surface area contributed by atoms with Gasteiger partial charge in [-0.2, -0.15) is 11.8 Å². The Bertz CT molecular complexity index is 742. The summed E-state index contributed by atoms with van der Waals surface area (Å²) in [6.07, 6.45) is 5.43. The molecule has 0 aliphatic heterocycles. The van der Waals surface area contributed by atoms with Crippen molar-refractivity contribution < 1.29 is 24.3 Å². The number of nitrogens with two attached hydrogens (primary N) is 1. The van der Waals surface area contributed by atoms with Crippen molar-refractivity contribution in [3.05, 3.63) is 18.2 Å². The van der Waals surface area contributed by atoms with Crippen LogP contribution in [0.1, 0.15) is 32.9 Å². The second-order valence-corrected chi connectivity index (χ2v) is 8.51. The van der Waals surface area contributed by atoms with E-state index in [1.165, 1.54) is 25.0 Å². The van der Waals surface area contributed by atoms with E-state index in [0.29, 0.717) is 17.9 Å². The number of aromatic nitrogens is 2. The number of carbonyl (C=O) groups is 4. The molecule has 1 aromatic heterocycles. The third kappa shape index (κ3) is 8.97. The second-order valence-electron chi connectivity index (χ2n) is 7.53. The molecule has 4 unspecified atom stereocenters. The van der Waals surface area contributed by atoms with E-state index >= 15 is 0 Å². The summed E-state index contributed by atoms with van der Waals surface area (Å²) in [5, 5.41) is 16.7. The van der Waals surface area contributed by atoms with Crippen LogP contribution >= 0.6 is 11.8 Å². The van der Waals surface area contributed by atoms with Crippen molar-refractivity contribution in [2.45, 2.75) is 57.8 Å². The maximum Gasteiger partial charge on any atom is 0.325 e. The highest BCUT2D eigenvalue weighted by Crippen LogP contribution is 2.07. The van der Waals surface area contributed by atoms with Crippen LogP contribution in [0.25, 0.3) is 0 Å². The number of aliphatic carboxylic acids is 1. The Labute approximate surface area is 185 Å². The first-order valence-electron chi connectivity index (χ1n) is 9.92. The number of nitrogens with zero attached hydrogens (tertiary/aromatic N) is 1. The number of thioether (sulfide) groups is 1. The van der Waals surface area contributed by atoms with Gasteiger partial charge < -0.3 is 31.8 Å². The molecule has 0 aliphatic carbocycles. The highest BCUT2D eigenvalue weighted by atomic mass is 32.2. The minimum Gasteiger partial charge on any atom is -0.480 e. The van der Waals surface area contributed by atoms with Gasteiger partial charge in [-0.25, -0.2) is 4.98 Å². The standard InChI is InChI=1S/C19H32N6O5S/c1-10(2)15(25-16(26)13(20)7-12-8-21-9-22-12)18(28)24-14(5-6-31-4)17(27)23-11(3)19(29)30/h8-11,13-15H,5-7,20H2,1-4H3,(H,21,22)(H,23,27)(H,24,28)(H,25,26)(H,29,30). The van der Waals surface area contributed by atoms with Crippen LogP contribution in [-0.4, -0.2) is 74.9 Å². The first-order chi connectivity index (χ1) is 14.6. The van der Waals surface area contributed by atoms with E-state index < -0.39 is 47.9 Å². The Morgan fingerprint density at radius 1 is 1.13 bits per heavy atom. The zero-order valence-electron chi connectivity index (χ0n) is 18.2. The van der Waals surface area contributed by atoms with Gasteiger partial charge in [0.2, 0.25) is 17.7 Å². The van der Waals surface area contributed by atoms with Crippen LogP contribution in [0, 0.1) is 5.92 Å². The maximum atomic E-state index is 12.9. The lowest BCUT2D eigenvalue weighted by atomic mass is 10.0. The van der Waals surface area contributed by atoms with Gasteiger partial charge in [0.25, 0.3) is 0 Å². The summed E-state index contributed by atoms with van der Waals surface area (Å²) in [6.45, 7) is 4.86. The lowest BCUT2D eigenvalue weighted by Crippen LogP contribution is -2.58. The monoisotopic (exact) mass is 456 g/mol. The summed E-state index contributed by atoms with van der Waals surface area (Å²) in [4.78, 5) is 55.6. The zero-order valence-corrected chi connectivity index (χ0v) is 19.0. The van der Waals surface area contributed by atoms with Gasteiger partial charge in [-0.3, -0.25) is 19.2 Å². The van der Waals surface area contributed by atoms with Crippen molar-refractivity contribution in [1.82, 2.24) is 25.9 Å². The largest absolute Gasteiger partial charge is 0.480 e. The fourth-order valence-electron chi connectivity index (χ4n) is 2.66. The van der Waals surface area contributed by atoms with Crippen LogP contribution in [0.2, 0.25) is 0 Å². The second kappa shape index (κ2) is 13.0. The molecule has 0 saturated carbocycles. The van der Waals surface area contributed by atoms with E-state index in [2.05, 4.69) is 25.9 Å². The molecule has 0 radical (unpaired) electrons. The number of carbonyl (C=O) groups excluding carboxylic acids is 3. The minimum atomic E-state index is -1.18.